The average Bonchev–Trinajstić information content (AvgIpc) is 3.65. The maximum atomic E-state index is 14.1. The number of nitrogens with zero attached hydrogens (tertiary/aromatic N) is 1. The summed E-state index contributed by atoms with van der Waals surface area (Å²) in [5.41, 5.74) is 2.13. The van der Waals surface area contributed by atoms with E-state index in [-0.39, 0.29) is 37.7 Å². The van der Waals surface area contributed by atoms with E-state index in [1.165, 1.54) is 6.33 Å². The van der Waals surface area contributed by atoms with Gasteiger partial charge in [0, 0.05) is 25.6 Å². The molecular formula is C40H52N6O6. The quantitative estimate of drug-likeness (QED) is 0.0826. The lowest BCUT2D eigenvalue weighted by atomic mass is 9.96. The molecule has 0 aliphatic carbocycles. The van der Waals surface area contributed by atoms with Gasteiger partial charge in [0.25, 0.3) is 0 Å². The van der Waals surface area contributed by atoms with Crippen molar-refractivity contribution < 1.29 is 29.0 Å². The largest absolute Gasteiger partial charge is 0.445 e. The Hall–Kier alpha value is -5.23. The zero-order valence-corrected chi connectivity index (χ0v) is 30.4. The zero-order valence-electron chi connectivity index (χ0n) is 30.4. The molecule has 0 unspecified atom stereocenters. The number of carbonyl (C=O) groups is 4. The van der Waals surface area contributed by atoms with Crippen LogP contribution in [-0.4, -0.2) is 69.7 Å². The molecule has 12 nitrogen and oxygen atoms in total. The molecule has 12 heteroatoms. The number of hydrogen-bond acceptors (Lipinski definition) is 7. The molecule has 0 saturated heterocycles. The Morgan fingerprint density at radius 2 is 1.54 bits per heavy atom. The number of aromatic amines is 1. The second-order valence-electron chi connectivity index (χ2n) is 13.8. The van der Waals surface area contributed by atoms with E-state index in [1.807, 2.05) is 100 Å². The number of aliphatic hydroxyl groups is 1. The summed E-state index contributed by atoms with van der Waals surface area (Å²) >= 11 is 0. The van der Waals surface area contributed by atoms with Gasteiger partial charge in [-0.15, -0.1) is 0 Å². The summed E-state index contributed by atoms with van der Waals surface area (Å²) in [6, 6.07) is 19.7. The van der Waals surface area contributed by atoms with E-state index in [0.717, 1.165) is 28.3 Å². The molecule has 0 spiro atoms. The van der Waals surface area contributed by atoms with Gasteiger partial charge in [-0.05, 0) is 40.2 Å². The molecule has 1 heterocycles. The Bertz CT molecular complexity index is 1730. The predicted molar refractivity (Wildman–Crippen MR) is 200 cm³/mol. The van der Waals surface area contributed by atoms with E-state index >= 15 is 0 Å². The number of alkyl carbamates (subject to hydrolysis) is 1. The number of imidazole rings is 1. The highest BCUT2D eigenvalue weighted by molar-refractivity contribution is 5.93. The van der Waals surface area contributed by atoms with E-state index in [1.54, 1.807) is 6.20 Å². The predicted octanol–water partition coefficient (Wildman–Crippen LogP) is 4.57. The number of ether oxygens (including phenoxy) is 1. The van der Waals surface area contributed by atoms with E-state index in [4.69, 9.17) is 4.74 Å². The van der Waals surface area contributed by atoms with Gasteiger partial charge in [0.05, 0.1) is 30.6 Å². The van der Waals surface area contributed by atoms with Gasteiger partial charge >= 0.3 is 6.09 Å². The first-order valence-corrected chi connectivity index (χ1v) is 18.0. The molecule has 4 aromatic rings. The maximum absolute atomic E-state index is 14.1. The zero-order chi connectivity index (χ0) is 37.5. The van der Waals surface area contributed by atoms with Crippen LogP contribution in [0.15, 0.2) is 85.3 Å². The molecule has 0 fully saturated rings. The highest BCUT2D eigenvalue weighted by Crippen LogP contribution is 2.20. The smallest absolute Gasteiger partial charge is 0.408 e. The van der Waals surface area contributed by atoms with Gasteiger partial charge in [0.2, 0.25) is 17.7 Å². The fourth-order valence-corrected chi connectivity index (χ4v) is 5.84. The minimum Gasteiger partial charge on any atom is -0.445 e. The van der Waals surface area contributed by atoms with Crippen LogP contribution in [0.3, 0.4) is 0 Å². The summed E-state index contributed by atoms with van der Waals surface area (Å²) in [5, 5.41) is 24.4. The van der Waals surface area contributed by atoms with Crippen molar-refractivity contribution in [3.63, 3.8) is 0 Å². The number of H-pyrrole nitrogens is 1. The molecule has 0 bridgehead atoms. The number of amides is 4. The summed E-state index contributed by atoms with van der Waals surface area (Å²) in [4.78, 5) is 61.0. The van der Waals surface area contributed by atoms with Crippen LogP contribution < -0.4 is 21.3 Å². The Balaban J connectivity index is 1.54. The second kappa shape index (κ2) is 20.0. The monoisotopic (exact) mass is 712 g/mol. The number of fused-ring (bicyclic) bond motifs is 1. The molecule has 278 valence electrons. The molecule has 4 rings (SSSR count). The van der Waals surface area contributed by atoms with Crippen molar-refractivity contribution in [2.24, 2.45) is 11.8 Å². The van der Waals surface area contributed by atoms with Crippen molar-refractivity contribution in [2.75, 3.05) is 6.54 Å². The third kappa shape index (κ3) is 12.5. The van der Waals surface area contributed by atoms with Crippen LogP contribution in [0.5, 0.6) is 0 Å². The molecule has 5 atom stereocenters. The van der Waals surface area contributed by atoms with Gasteiger partial charge < -0.3 is 36.1 Å². The summed E-state index contributed by atoms with van der Waals surface area (Å²) in [6.07, 6.45) is 2.41. The van der Waals surface area contributed by atoms with Crippen molar-refractivity contribution in [3.8, 4) is 0 Å². The Morgan fingerprint density at radius 1 is 0.846 bits per heavy atom. The molecule has 52 heavy (non-hydrogen) atoms. The van der Waals surface area contributed by atoms with Crippen LogP contribution in [0.2, 0.25) is 0 Å². The van der Waals surface area contributed by atoms with Crippen molar-refractivity contribution in [2.45, 2.75) is 90.6 Å². The molecule has 1 aromatic heterocycles. The van der Waals surface area contributed by atoms with Gasteiger partial charge in [-0.2, -0.15) is 0 Å². The number of nitrogens with one attached hydrogen (secondary N) is 5. The first-order valence-electron chi connectivity index (χ1n) is 18.0. The van der Waals surface area contributed by atoms with Crippen LogP contribution in [0.4, 0.5) is 4.79 Å². The van der Waals surface area contributed by atoms with Gasteiger partial charge in [0.1, 0.15) is 18.7 Å². The molecule has 6 N–H and O–H groups in total. The van der Waals surface area contributed by atoms with Gasteiger partial charge in [-0.25, -0.2) is 9.78 Å². The Morgan fingerprint density at radius 3 is 2.25 bits per heavy atom. The standard InChI is InChI=1S/C40H52N6O6/c1-5-27(4)22-42-37(48)21-36(47)33(18-26(2)3)44-39(50)35(20-31-23-41-25-43-31)45-38(49)34(46-40(51)52-24-28-12-7-6-8-13-28)19-30-16-11-15-29-14-9-10-17-32(29)30/h6-17,23,25-27,33-36,47H,5,18-22,24H2,1-4H3,(H,41,43)(H,42,48)(H,44,50)(H,45,49)(H,46,51)/t27-,33-,34-,35+,36-/m0/s1. The number of aromatic nitrogens is 2. The minimum absolute atomic E-state index is 0.00862. The van der Waals surface area contributed by atoms with Crippen molar-refractivity contribution in [1.82, 2.24) is 31.2 Å². The normalized spacial score (nSPS) is 14.1. The molecule has 0 radical (unpaired) electrons. The highest BCUT2D eigenvalue weighted by atomic mass is 16.5. The Kier molecular flexibility index (Phi) is 15.2. The van der Waals surface area contributed by atoms with Crippen LogP contribution in [-0.2, 0) is 38.6 Å². The number of rotatable bonds is 19. The summed E-state index contributed by atoms with van der Waals surface area (Å²) in [6.45, 7) is 8.49. The number of carbonyl (C=O) groups excluding carboxylic acids is 4. The van der Waals surface area contributed by atoms with Crippen LogP contribution in [0, 0.1) is 11.8 Å². The molecule has 0 saturated carbocycles. The van der Waals surface area contributed by atoms with Crippen LogP contribution in [0.25, 0.3) is 10.8 Å². The van der Waals surface area contributed by atoms with Gasteiger partial charge in [-0.1, -0.05) is 107 Å². The first-order chi connectivity index (χ1) is 25.0. The van der Waals surface area contributed by atoms with E-state index in [0.29, 0.717) is 24.6 Å². The van der Waals surface area contributed by atoms with Crippen LogP contribution >= 0.6 is 0 Å². The molecular weight excluding hydrogens is 660 g/mol. The number of aliphatic hydroxyl groups excluding tert-OH is 1. The second-order valence-corrected chi connectivity index (χ2v) is 13.8. The lowest BCUT2D eigenvalue weighted by Crippen LogP contribution is -2.57. The third-order valence-electron chi connectivity index (χ3n) is 8.98. The van der Waals surface area contributed by atoms with Crippen molar-refractivity contribution in [1.29, 1.82) is 0 Å². The number of hydrogen-bond donors (Lipinski definition) is 6. The van der Waals surface area contributed by atoms with Gasteiger partial charge in [-0.3, -0.25) is 14.4 Å². The SMILES string of the molecule is CC[C@H](C)CNC(=O)C[C@H](O)[C@H](CC(C)C)NC(=O)[C@@H](Cc1c[nH]cn1)NC(=O)[C@H](Cc1cccc2ccccc12)NC(=O)OCc1ccccc1. The molecule has 0 aliphatic heterocycles. The molecule has 0 aliphatic rings. The van der Waals surface area contributed by atoms with Gasteiger partial charge in [0.15, 0.2) is 0 Å². The third-order valence-corrected chi connectivity index (χ3v) is 8.98. The minimum atomic E-state index is -1.16. The van der Waals surface area contributed by atoms with E-state index < -0.39 is 42.1 Å². The lowest BCUT2D eigenvalue weighted by Gasteiger charge is -2.29. The molecule has 4 amide bonds. The summed E-state index contributed by atoms with van der Waals surface area (Å²) in [5.74, 6) is -1.09. The summed E-state index contributed by atoms with van der Waals surface area (Å²) in [7, 11) is 0. The lowest BCUT2D eigenvalue weighted by molar-refractivity contribution is -0.131. The Labute approximate surface area is 305 Å². The van der Waals surface area contributed by atoms with Crippen molar-refractivity contribution >= 4 is 34.6 Å². The topological polar surface area (TPSA) is 175 Å². The van der Waals surface area contributed by atoms with Crippen LogP contribution in [0.1, 0.15) is 63.8 Å². The maximum Gasteiger partial charge on any atom is 0.408 e. The fourth-order valence-electron chi connectivity index (χ4n) is 5.84. The fraction of sp³-hybridized carbons (Fsp3) is 0.425. The summed E-state index contributed by atoms with van der Waals surface area (Å²) < 4.78 is 5.47. The van der Waals surface area contributed by atoms with E-state index in [9.17, 15) is 24.3 Å². The first kappa shape index (κ1) is 39.6. The van der Waals surface area contributed by atoms with E-state index in [2.05, 4.69) is 31.2 Å². The average molecular weight is 713 g/mol. The number of benzene rings is 3. The molecule has 3 aromatic carbocycles. The highest BCUT2D eigenvalue weighted by Gasteiger charge is 2.32. The van der Waals surface area contributed by atoms with Crippen molar-refractivity contribution in [3.05, 3.63) is 102 Å².